The van der Waals surface area contributed by atoms with Gasteiger partial charge in [-0.15, -0.1) is 0 Å². The van der Waals surface area contributed by atoms with Gasteiger partial charge in [0, 0.05) is 25.6 Å². The maximum absolute atomic E-state index is 13.4. The predicted molar refractivity (Wildman–Crippen MR) is 134 cm³/mol. The van der Waals surface area contributed by atoms with Crippen molar-refractivity contribution in [3.05, 3.63) is 59.2 Å². The van der Waals surface area contributed by atoms with Crippen molar-refractivity contribution in [3.63, 3.8) is 0 Å². The highest BCUT2D eigenvalue weighted by atomic mass is 32.2. The zero-order valence-corrected chi connectivity index (χ0v) is 21.9. The van der Waals surface area contributed by atoms with E-state index in [1.165, 1.54) is 18.2 Å². The average Bonchev–Trinajstić information content (AvgIpc) is 2.80. The van der Waals surface area contributed by atoms with Crippen LogP contribution in [0.1, 0.15) is 35.3 Å². The SMILES string of the molecule is C[C@@H]1CN([C@@H](C)CO)C(=O)c2cccc(NS(C)(=O)=O)c2O[C@@H]1CN(C)Cc1ccc(C(F)(F)F)cc1. The van der Waals surface area contributed by atoms with Gasteiger partial charge in [-0.2, -0.15) is 13.2 Å². The second-order valence-electron chi connectivity index (χ2n) is 9.57. The fourth-order valence-corrected chi connectivity index (χ4v) is 4.78. The van der Waals surface area contributed by atoms with Crippen molar-refractivity contribution in [1.29, 1.82) is 0 Å². The second kappa shape index (κ2) is 11.3. The number of nitrogens with zero attached hydrogens (tertiary/aromatic N) is 2. The Labute approximate surface area is 215 Å². The number of amides is 1. The van der Waals surface area contributed by atoms with Gasteiger partial charge in [0.25, 0.3) is 5.91 Å². The van der Waals surface area contributed by atoms with Crippen molar-refractivity contribution in [2.75, 3.05) is 37.7 Å². The first-order valence-corrected chi connectivity index (χ1v) is 13.6. The van der Waals surface area contributed by atoms with Crippen LogP contribution in [0.4, 0.5) is 18.9 Å². The minimum atomic E-state index is -4.41. The van der Waals surface area contributed by atoms with Crippen LogP contribution in [-0.2, 0) is 22.7 Å². The summed E-state index contributed by atoms with van der Waals surface area (Å²) in [5.74, 6) is -0.530. The number of alkyl halides is 3. The Hall–Kier alpha value is -2.83. The summed E-state index contributed by atoms with van der Waals surface area (Å²) in [5.41, 5.74) is 0.242. The molecule has 3 atom stereocenters. The molecule has 0 fully saturated rings. The van der Waals surface area contributed by atoms with Crippen LogP contribution in [-0.4, -0.2) is 74.4 Å². The number of anilines is 1. The van der Waals surface area contributed by atoms with Crippen molar-refractivity contribution < 1.29 is 36.2 Å². The first kappa shape index (κ1) is 28.7. The molecule has 0 bridgehead atoms. The summed E-state index contributed by atoms with van der Waals surface area (Å²) in [6.07, 6.45) is -3.93. The number of carbonyl (C=O) groups excluding carboxylic acids is 1. The third kappa shape index (κ3) is 7.36. The van der Waals surface area contributed by atoms with Gasteiger partial charge < -0.3 is 14.7 Å². The van der Waals surface area contributed by atoms with Gasteiger partial charge in [-0.25, -0.2) is 8.42 Å². The molecule has 0 saturated heterocycles. The van der Waals surface area contributed by atoms with Gasteiger partial charge >= 0.3 is 6.18 Å². The number of sulfonamides is 1. The lowest BCUT2D eigenvalue weighted by Gasteiger charge is -2.38. The summed E-state index contributed by atoms with van der Waals surface area (Å²) in [7, 11) is -1.88. The number of hydrogen-bond acceptors (Lipinski definition) is 6. The van der Waals surface area contributed by atoms with Gasteiger partial charge in [-0.1, -0.05) is 25.1 Å². The number of aliphatic hydroxyl groups excluding tert-OH is 1. The molecule has 1 aliphatic rings. The monoisotopic (exact) mass is 543 g/mol. The van der Waals surface area contributed by atoms with Gasteiger partial charge in [0.2, 0.25) is 10.0 Å². The van der Waals surface area contributed by atoms with Crippen LogP contribution in [0.15, 0.2) is 42.5 Å². The van der Waals surface area contributed by atoms with Crippen molar-refractivity contribution >= 4 is 21.6 Å². The van der Waals surface area contributed by atoms with Crippen LogP contribution in [0.2, 0.25) is 0 Å². The second-order valence-corrected chi connectivity index (χ2v) is 11.3. The first-order chi connectivity index (χ1) is 17.2. The summed E-state index contributed by atoms with van der Waals surface area (Å²) in [6, 6.07) is 9.03. The van der Waals surface area contributed by atoms with Crippen LogP contribution in [0, 0.1) is 5.92 Å². The molecule has 12 heteroatoms. The zero-order chi connectivity index (χ0) is 27.5. The molecule has 8 nitrogen and oxygen atoms in total. The van der Waals surface area contributed by atoms with Gasteiger partial charge in [-0.05, 0) is 43.8 Å². The third-order valence-electron chi connectivity index (χ3n) is 6.21. The van der Waals surface area contributed by atoms with Gasteiger partial charge in [-0.3, -0.25) is 14.4 Å². The number of hydrogen-bond donors (Lipinski definition) is 2. The molecule has 1 amide bonds. The van der Waals surface area contributed by atoms with Gasteiger partial charge in [0.05, 0.1) is 35.7 Å². The Morgan fingerprint density at radius 3 is 2.43 bits per heavy atom. The van der Waals surface area contributed by atoms with E-state index in [1.807, 2.05) is 11.8 Å². The average molecular weight is 544 g/mol. The predicted octanol–water partition coefficient (Wildman–Crippen LogP) is 3.43. The van der Waals surface area contributed by atoms with Crippen LogP contribution >= 0.6 is 0 Å². The number of para-hydroxylation sites is 1. The van der Waals surface area contributed by atoms with Gasteiger partial charge in [0.1, 0.15) is 6.10 Å². The summed E-state index contributed by atoms with van der Waals surface area (Å²) in [5, 5.41) is 9.76. The molecule has 1 heterocycles. The molecule has 37 heavy (non-hydrogen) atoms. The number of carbonyl (C=O) groups is 1. The molecule has 0 radical (unpaired) electrons. The molecular weight excluding hydrogens is 511 g/mol. The highest BCUT2D eigenvalue weighted by Crippen LogP contribution is 2.35. The smallest absolute Gasteiger partial charge is 0.416 e. The Kier molecular flexibility index (Phi) is 8.76. The van der Waals surface area contributed by atoms with Gasteiger partial charge in [0.15, 0.2) is 5.75 Å². The molecule has 3 rings (SSSR count). The molecule has 2 aromatic rings. The molecule has 2 aromatic carbocycles. The molecule has 204 valence electrons. The van der Waals surface area contributed by atoms with E-state index in [0.717, 1.165) is 18.4 Å². The summed E-state index contributed by atoms with van der Waals surface area (Å²) < 4.78 is 71.3. The zero-order valence-electron chi connectivity index (χ0n) is 21.1. The van der Waals surface area contributed by atoms with E-state index in [0.29, 0.717) is 18.7 Å². The number of rotatable bonds is 8. The van der Waals surface area contributed by atoms with Crippen molar-refractivity contribution in [2.24, 2.45) is 5.92 Å². The summed E-state index contributed by atoms with van der Waals surface area (Å²) >= 11 is 0. The van der Waals surface area contributed by atoms with E-state index >= 15 is 0 Å². The van der Waals surface area contributed by atoms with E-state index in [2.05, 4.69) is 4.72 Å². The molecule has 0 unspecified atom stereocenters. The van der Waals surface area contributed by atoms with E-state index in [1.54, 1.807) is 31.0 Å². The van der Waals surface area contributed by atoms with E-state index < -0.39 is 39.8 Å². The maximum atomic E-state index is 13.4. The quantitative estimate of drug-likeness (QED) is 0.530. The number of fused-ring (bicyclic) bond motifs is 1. The molecule has 0 saturated carbocycles. The number of halogens is 3. The number of aliphatic hydroxyl groups is 1. The fraction of sp³-hybridized carbons (Fsp3) is 0.480. The van der Waals surface area contributed by atoms with Crippen LogP contribution in [0.5, 0.6) is 5.75 Å². The number of ether oxygens (including phenoxy) is 1. The number of nitrogens with one attached hydrogen (secondary N) is 1. The Balaban J connectivity index is 1.91. The van der Waals surface area contributed by atoms with Crippen molar-refractivity contribution in [2.45, 2.75) is 38.7 Å². The van der Waals surface area contributed by atoms with E-state index in [4.69, 9.17) is 4.74 Å². The lowest BCUT2D eigenvalue weighted by Crippen LogP contribution is -2.49. The molecular formula is C25H32F3N3O5S. The first-order valence-electron chi connectivity index (χ1n) is 11.7. The topological polar surface area (TPSA) is 99.2 Å². The molecule has 0 spiro atoms. The largest absolute Gasteiger partial charge is 0.486 e. The molecule has 0 aliphatic carbocycles. The van der Waals surface area contributed by atoms with Crippen LogP contribution in [0.3, 0.4) is 0 Å². The van der Waals surface area contributed by atoms with E-state index in [-0.39, 0.29) is 36.1 Å². The minimum absolute atomic E-state index is 0.0903. The summed E-state index contributed by atoms with van der Waals surface area (Å²) in [6.45, 7) is 4.31. The number of likely N-dealkylation sites (N-methyl/N-ethyl adjacent to an activating group) is 1. The lowest BCUT2D eigenvalue weighted by molar-refractivity contribution is -0.137. The third-order valence-corrected chi connectivity index (χ3v) is 6.80. The molecule has 1 aliphatic heterocycles. The summed E-state index contributed by atoms with van der Waals surface area (Å²) in [4.78, 5) is 16.8. The maximum Gasteiger partial charge on any atom is 0.416 e. The Morgan fingerprint density at radius 1 is 1.22 bits per heavy atom. The van der Waals surface area contributed by atoms with E-state index in [9.17, 15) is 31.5 Å². The molecule has 0 aromatic heterocycles. The number of benzene rings is 2. The fourth-order valence-electron chi connectivity index (χ4n) is 4.22. The minimum Gasteiger partial charge on any atom is -0.486 e. The normalized spacial score (nSPS) is 19.6. The Morgan fingerprint density at radius 2 is 1.86 bits per heavy atom. The standard InChI is InChI=1S/C25H32F3N3O5S/c1-16-12-31(17(2)15-32)24(33)20-6-5-7-21(29-37(4,34)35)23(20)36-22(16)14-30(3)13-18-8-10-19(11-9-18)25(26,27)28/h5-11,16-17,22,29,32H,12-15H2,1-4H3/t16-,17+,22-/m1/s1. The van der Waals surface area contributed by atoms with Crippen molar-refractivity contribution in [3.8, 4) is 5.75 Å². The Bertz CT molecular complexity index is 1210. The van der Waals surface area contributed by atoms with Crippen molar-refractivity contribution in [1.82, 2.24) is 9.80 Å². The molecule has 2 N–H and O–H groups in total. The van der Waals surface area contributed by atoms with Crippen LogP contribution < -0.4 is 9.46 Å². The highest BCUT2D eigenvalue weighted by Gasteiger charge is 2.35. The van der Waals surface area contributed by atoms with Crippen LogP contribution in [0.25, 0.3) is 0 Å². The lowest BCUT2D eigenvalue weighted by atomic mass is 9.99. The highest BCUT2D eigenvalue weighted by molar-refractivity contribution is 7.92.